The topological polar surface area (TPSA) is 85.4 Å². The van der Waals surface area contributed by atoms with Crippen molar-refractivity contribution < 1.29 is 9.59 Å². The molecular formula is C11H15N3O3. The number of pyridine rings is 1. The summed E-state index contributed by atoms with van der Waals surface area (Å²) in [6.07, 6.45) is 1.57. The van der Waals surface area contributed by atoms with Crippen molar-refractivity contribution in [1.82, 2.24) is 9.47 Å². The van der Waals surface area contributed by atoms with Gasteiger partial charge in [-0.15, -0.1) is 0 Å². The third kappa shape index (κ3) is 3.44. The lowest BCUT2D eigenvalue weighted by molar-refractivity contribution is -0.128. The van der Waals surface area contributed by atoms with Gasteiger partial charge in [-0.2, -0.15) is 0 Å². The van der Waals surface area contributed by atoms with E-state index in [1.54, 1.807) is 14.1 Å². The van der Waals surface area contributed by atoms with Crippen LogP contribution in [0.4, 0.5) is 0 Å². The molecule has 0 saturated heterocycles. The number of aromatic nitrogens is 1. The fraction of sp³-hybridized carbons (Fsp3) is 0.364. The molecule has 1 heterocycles. The van der Waals surface area contributed by atoms with Crippen LogP contribution in [-0.4, -0.2) is 35.4 Å². The van der Waals surface area contributed by atoms with E-state index in [4.69, 9.17) is 5.73 Å². The molecule has 2 N–H and O–H groups in total. The molecule has 6 nitrogen and oxygen atoms in total. The van der Waals surface area contributed by atoms with Gasteiger partial charge in [0.2, 0.25) is 11.8 Å². The van der Waals surface area contributed by atoms with E-state index in [1.807, 2.05) is 0 Å². The van der Waals surface area contributed by atoms with Gasteiger partial charge in [-0.25, -0.2) is 0 Å². The lowest BCUT2D eigenvalue weighted by Crippen LogP contribution is -2.27. The molecule has 1 aromatic heterocycles. The van der Waals surface area contributed by atoms with Crippen LogP contribution < -0.4 is 11.3 Å². The molecule has 92 valence electrons. The highest BCUT2D eigenvalue weighted by atomic mass is 16.2. The summed E-state index contributed by atoms with van der Waals surface area (Å²) in [4.78, 5) is 35.2. The number of carbonyl (C=O) groups excluding carboxylic acids is 2. The van der Waals surface area contributed by atoms with Crippen LogP contribution in [0.15, 0.2) is 23.1 Å². The minimum Gasteiger partial charge on any atom is -0.366 e. The monoisotopic (exact) mass is 237 g/mol. The molecule has 6 heteroatoms. The molecule has 0 unspecified atom stereocenters. The van der Waals surface area contributed by atoms with Crippen molar-refractivity contribution in [3.05, 3.63) is 34.2 Å². The summed E-state index contributed by atoms with van der Waals surface area (Å²) in [7, 11) is 3.29. The minimum absolute atomic E-state index is 0.0821. The zero-order valence-corrected chi connectivity index (χ0v) is 9.84. The largest absolute Gasteiger partial charge is 0.366 e. The Balaban J connectivity index is 2.84. The number of nitrogens with zero attached hydrogens (tertiary/aromatic N) is 2. The van der Waals surface area contributed by atoms with Gasteiger partial charge in [0.15, 0.2) is 0 Å². The van der Waals surface area contributed by atoms with Crippen molar-refractivity contribution in [1.29, 1.82) is 0 Å². The summed E-state index contributed by atoms with van der Waals surface area (Å²) in [5.74, 6) is -0.681. The summed E-state index contributed by atoms with van der Waals surface area (Å²) >= 11 is 0. The van der Waals surface area contributed by atoms with E-state index in [2.05, 4.69) is 0 Å². The third-order valence-electron chi connectivity index (χ3n) is 2.33. The van der Waals surface area contributed by atoms with Gasteiger partial charge in [0.05, 0.1) is 5.56 Å². The summed E-state index contributed by atoms with van der Waals surface area (Å²) in [6.45, 7) is 0.233. The van der Waals surface area contributed by atoms with Crippen molar-refractivity contribution in [3.63, 3.8) is 0 Å². The van der Waals surface area contributed by atoms with Crippen molar-refractivity contribution in [2.45, 2.75) is 13.0 Å². The average Bonchev–Trinajstić information content (AvgIpc) is 2.26. The van der Waals surface area contributed by atoms with Crippen LogP contribution in [0.25, 0.3) is 0 Å². The average molecular weight is 237 g/mol. The predicted octanol–water partition coefficient (Wildman–Crippen LogP) is -0.574. The predicted molar refractivity (Wildman–Crippen MR) is 62.5 cm³/mol. The van der Waals surface area contributed by atoms with Crippen molar-refractivity contribution in [2.75, 3.05) is 14.1 Å². The number of primary amides is 1. The summed E-state index contributed by atoms with van der Waals surface area (Å²) in [6, 6.07) is 2.63. The molecule has 2 amide bonds. The van der Waals surface area contributed by atoms with Gasteiger partial charge in [-0.1, -0.05) is 0 Å². The first-order chi connectivity index (χ1) is 7.91. The van der Waals surface area contributed by atoms with Gasteiger partial charge in [-0.05, 0) is 6.07 Å². The molecule has 0 atom stereocenters. The number of rotatable bonds is 4. The molecule has 1 aromatic rings. The van der Waals surface area contributed by atoms with Gasteiger partial charge in [0.1, 0.15) is 0 Å². The lowest BCUT2D eigenvalue weighted by atomic mass is 10.2. The van der Waals surface area contributed by atoms with E-state index >= 15 is 0 Å². The van der Waals surface area contributed by atoms with Gasteiger partial charge < -0.3 is 15.2 Å². The molecule has 0 fully saturated rings. The number of aryl methyl sites for hydroxylation is 1. The van der Waals surface area contributed by atoms with E-state index in [1.165, 1.54) is 27.8 Å². The SMILES string of the molecule is CN(C)C(=O)CCn1cc(C(N)=O)ccc1=O. The van der Waals surface area contributed by atoms with Crippen molar-refractivity contribution >= 4 is 11.8 Å². The molecule has 0 spiro atoms. The number of hydrogen-bond acceptors (Lipinski definition) is 3. The summed E-state index contributed by atoms with van der Waals surface area (Å²) in [5.41, 5.74) is 5.10. The highest BCUT2D eigenvalue weighted by molar-refractivity contribution is 5.92. The quantitative estimate of drug-likeness (QED) is 0.760. The second-order valence-corrected chi connectivity index (χ2v) is 3.85. The van der Waals surface area contributed by atoms with E-state index < -0.39 is 5.91 Å². The van der Waals surface area contributed by atoms with E-state index in [-0.39, 0.29) is 30.0 Å². The van der Waals surface area contributed by atoms with Crippen LogP contribution in [0, 0.1) is 0 Å². The first kappa shape index (κ1) is 13.0. The van der Waals surface area contributed by atoms with Gasteiger partial charge >= 0.3 is 0 Å². The summed E-state index contributed by atoms with van der Waals surface area (Å²) in [5, 5.41) is 0. The number of carbonyl (C=O) groups is 2. The smallest absolute Gasteiger partial charge is 0.250 e. The molecular weight excluding hydrogens is 222 g/mol. The number of amides is 2. The zero-order chi connectivity index (χ0) is 13.0. The van der Waals surface area contributed by atoms with Crippen LogP contribution in [0.5, 0.6) is 0 Å². The molecule has 0 aromatic carbocycles. The molecule has 17 heavy (non-hydrogen) atoms. The molecule has 0 aliphatic rings. The zero-order valence-electron chi connectivity index (χ0n) is 9.84. The van der Waals surface area contributed by atoms with Crippen LogP contribution >= 0.6 is 0 Å². The second kappa shape index (κ2) is 5.29. The first-order valence-electron chi connectivity index (χ1n) is 5.12. The number of nitrogens with two attached hydrogens (primary N) is 1. The Hall–Kier alpha value is -2.11. The first-order valence-corrected chi connectivity index (χ1v) is 5.12. The van der Waals surface area contributed by atoms with Gasteiger partial charge in [0, 0.05) is 39.3 Å². The van der Waals surface area contributed by atoms with Crippen molar-refractivity contribution in [3.8, 4) is 0 Å². The molecule has 0 radical (unpaired) electrons. The lowest BCUT2D eigenvalue weighted by Gasteiger charge is -2.11. The Morgan fingerprint density at radius 2 is 2.00 bits per heavy atom. The Labute approximate surface area is 98.6 Å². The van der Waals surface area contributed by atoms with Crippen molar-refractivity contribution in [2.24, 2.45) is 5.73 Å². The van der Waals surface area contributed by atoms with E-state index in [0.717, 1.165) is 0 Å². The maximum atomic E-state index is 11.5. The normalized spacial score (nSPS) is 10.0. The summed E-state index contributed by atoms with van der Waals surface area (Å²) < 4.78 is 1.31. The molecule has 0 bridgehead atoms. The Morgan fingerprint density at radius 3 is 2.53 bits per heavy atom. The minimum atomic E-state index is -0.599. The molecule has 0 aliphatic heterocycles. The van der Waals surface area contributed by atoms with Crippen LogP contribution in [-0.2, 0) is 11.3 Å². The Morgan fingerprint density at radius 1 is 1.35 bits per heavy atom. The standard InChI is InChI=1S/C11H15N3O3/c1-13(2)9(15)5-6-14-7-8(11(12)17)3-4-10(14)16/h3-4,7H,5-6H2,1-2H3,(H2,12,17). The Kier molecular flexibility index (Phi) is 4.03. The van der Waals surface area contributed by atoms with Crippen LogP contribution in [0.2, 0.25) is 0 Å². The third-order valence-corrected chi connectivity index (χ3v) is 2.33. The molecule has 1 rings (SSSR count). The van der Waals surface area contributed by atoms with E-state index in [9.17, 15) is 14.4 Å². The highest BCUT2D eigenvalue weighted by Gasteiger charge is 2.07. The second-order valence-electron chi connectivity index (χ2n) is 3.85. The fourth-order valence-corrected chi connectivity index (χ4v) is 1.29. The van der Waals surface area contributed by atoms with Crippen LogP contribution in [0.3, 0.4) is 0 Å². The fourth-order valence-electron chi connectivity index (χ4n) is 1.29. The highest BCUT2D eigenvalue weighted by Crippen LogP contribution is 1.97. The maximum absolute atomic E-state index is 11.5. The molecule has 0 aliphatic carbocycles. The van der Waals surface area contributed by atoms with Crippen LogP contribution in [0.1, 0.15) is 16.8 Å². The van der Waals surface area contributed by atoms with Gasteiger partial charge in [-0.3, -0.25) is 14.4 Å². The van der Waals surface area contributed by atoms with Gasteiger partial charge in [0.25, 0.3) is 5.56 Å². The number of hydrogen-bond donors (Lipinski definition) is 1. The maximum Gasteiger partial charge on any atom is 0.250 e. The van der Waals surface area contributed by atoms with E-state index in [0.29, 0.717) is 0 Å². The molecule has 0 saturated carbocycles. The Bertz CT molecular complexity index is 491.